The number of aliphatic hydroxyl groups is 1. The fourth-order valence-corrected chi connectivity index (χ4v) is 3.09. The molecule has 2 N–H and O–H groups in total. The van der Waals surface area contributed by atoms with Gasteiger partial charge in [0.25, 0.3) is 0 Å². The van der Waals surface area contributed by atoms with Crippen LogP contribution in [0.3, 0.4) is 0 Å². The van der Waals surface area contributed by atoms with Gasteiger partial charge in [-0.1, -0.05) is 40.5 Å². The average molecular weight is 270 g/mol. The first kappa shape index (κ1) is 16.9. The average Bonchev–Trinajstić information content (AvgIpc) is 2.80. The maximum absolute atomic E-state index is 9.29. The second-order valence-electron chi connectivity index (χ2n) is 7.32. The van der Waals surface area contributed by atoms with Crippen LogP contribution in [0.25, 0.3) is 0 Å². The number of nitrogens with one attached hydrogen (secondary N) is 1. The summed E-state index contributed by atoms with van der Waals surface area (Å²) in [5.74, 6) is 0.708. The van der Waals surface area contributed by atoms with E-state index in [4.69, 9.17) is 0 Å². The van der Waals surface area contributed by atoms with Gasteiger partial charge in [-0.25, -0.2) is 0 Å². The molecule has 0 radical (unpaired) electrons. The number of hydrogen-bond donors (Lipinski definition) is 2. The molecule has 1 saturated carbocycles. The van der Waals surface area contributed by atoms with Gasteiger partial charge in [0.1, 0.15) is 0 Å². The minimum Gasteiger partial charge on any atom is -0.395 e. The molecular formula is C16H34N2O. The molecule has 0 aliphatic heterocycles. The molecule has 0 aromatic rings. The highest BCUT2D eigenvalue weighted by Crippen LogP contribution is 2.26. The molecule has 0 aromatic carbocycles. The summed E-state index contributed by atoms with van der Waals surface area (Å²) in [6.07, 6.45) is 5.35. The van der Waals surface area contributed by atoms with Crippen molar-refractivity contribution in [3.63, 3.8) is 0 Å². The molecule has 3 nitrogen and oxygen atoms in total. The highest BCUT2D eigenvalue weighted by atomic mass is 16.3. The number of aliphatic hydroxyl groups excluding tert-OH is 1. The monoisotopic (exact) mass is 270 g/mol. The molecule has 1 fully saturated rings. The Labute approximate surface area is 119 Å². The molecule has 0 aromatic heterocycles. The molecule has 1 rings (SSSR count). The van der Waals surface area contributed by atoms with Crippen molar-refractivity contribution in [1.29, 1.82) is 0 Å². The van der Waals surface area contributed by atoms with Crippen molar-refractivity contribution in [2.24, 2.45) is 11.3 Å². The van der Waals surface area contributed by atoms with Crippen molar-refractivity contribution in [1.82, 2.24) is 10.2 Å². The number of nitrogens with zero attached hydrogens (tertiary/aromatic N) is 1. The summed E-state index contributed by atoms with van der Waals surface area (Å²) < 4.78 is 0. The molecular weight excluding hydrogens is 236 g/mol. The van der Waals surface area contributed by atoms with Gasteiger partial charge in [0, 0.05) is 25.7 Å². The van der Waals surface area contributed by atoms with Crippen molar-refractivity contribution in [3.05, 3.63) is 0 Å². The summed E-state index contributed by atoms with van der Waals surface area (Å²) in [6.45, 7) is 13.5. The standard InChI is InChI=1S/C16H34N2O/c1-14(2)11-17-12-16(3,4)13-18(9-10-19)15-7-5-6-8-15/h14-15,17,19H,5-13H2,1-4H3. The van der Waals surface area contributed by atoms with Crippen molar-refractivity contribution >= 4 is 0 Å². The van der Waals surface area contributed by atoms with Crippen LogP contribution in [0.1, 0.15) is 53.4 Å². The molecule has 0 atom stereocenters. The molecule has 3 heteroatoms. The van der Waals surface area contributed by atoms with E-state index in [1.54, 1.807) is 0 Å². The zero-order valence-electron chi connectivity index (χ0n) is 13.4. The van der Waals surface area contributed by atoms with Crippen molar-refractivity contribution in [2.75, 3.05) is 32.8 Å². The van der Waals surface area contributed by atoms with E-state index >= 15 is 0 Å². The normalized spacial score (nSPS) is 17.8. The molecule has 0 amide bonds. The van der Waals surface area contributed by atoms with Crippen molar-refractivity contribution < 1.29 is 5.11 Å². The van der Waals surface area contributed by atoms with Crippen LogP contribution in [0.4, 0.5) is 0 Å². The lowest BCUT2D eigenvalue weighted by atomic mass is 9.91. The van der Waals surface area contributed by atoms with Crippen LogP contribution in [0.5, 0.6) is 0 Å². The highest BCUT2D eigenvalue weighted by Gasteiger charge is 2.28. The zero-order chi connectivity index (χ0) is 14.3. The smallest absolute Gasteiger partial charge is 0.0558 e. The van der Waals surface area contributed by atoms with E-state index in [0.717, 1.165) is 26.2 Å². The molecule has 0 heterocycles. The molecule has 1 aliphatic carbocycles. The van der Waals surface area contributed by atoms with Gasteiger partial charge in [0.05, 0.1) is 6.61 Å². The quantitative estimate of drug-likeness (QED) is 0.676. The summed E-state index contributed by atoms with van der Waals surface area (Å²) >= 11 is 0. The Balaban J connectivity index is 2.41. The van der Waals surface area contributed by atoms with Crippen LogP contribution in [0.2, 0.25) is 0 Å². The lowest BCUT2D eigenvalue weighted by molar-refractivity contribution is 0.103. The van der Waals surface area contributed by atoms with E-state index in [2.05, 4.69) is 37.9 Å². The van der Waals surface area contributed by atoms with Gasteiger partial charge in [-0.15, -0.1) is 0 Å². The summed E-state index contributed by atoms with van der Waals surface area (Å²) in [4.78, 5) is 2.52. The number of rotatable bonds is 9. The first-order chi connectivity index (χ1) is 8.94. The predicted molar refractivity (Wildman–Crippen MR) is 82.4 cm³/mol. The third-order valence-electron chi connectivity index (χ3n) is 4.02. The van der Waals surface area contributed by atoms with Gasteiger partial charge in [-0.05, 0) is 30.7 Å². The molecule has 19 heavy (non-hydrogen) atoms. The predicted octanol–water partition coefficient (Wildman–Crippen LogP) is 2.50. The second kappa shape index (κ2) is 8.23. The highest BCUT2D eigenvalue weighted by molar-refractivity contribution is 4.83. The van der Waals surface area contributed by atoms with E-state index < -0.39 is 0 Å². The minimum absolute atomic E-state index is 0.270. The first-order valence-electron chi connectivity index (χ1n) is 8.00. The van der Waals surface area contributed by atoms with Gasteiger partial charge in [-0.3, -0.25) is 4.90 Å². The molecule has 0 unspecified atom stereocenters. The Morgan fingerprint density at radius 1 is 1.26 bits per heavy atom. The van der Waals surface area contributed by atoms with E-state index in [-0.39, 0.29) is 12.0 Å². The third kappa shape index (κ3) is 6.73. The van der Waals surface area contributed by atoms with Crippen LogP contribution in [-0.4, -0.2) is 48.8 Å². The molecule has 1 aliphatic rings. The molecule has 0 spiro atoms. The van der Waals surface area contributed by atoms with Crippen LogP contribution in [0, 0.1) is 11.3 Å². The fourth-order valence-electron chi connectivity index (χ4n) is 3.09. The maximum Gasteiger partial charge on any atom is 0.0558 e. The van der Waals surface area contributed by atoms with E-state index in [1.807, 2.05) is 0 Å². The topological polar surface area (TPSA) is 35.5 Å². The lowest BCUT2D eigenvalue weighted by Gasteiger charge is -2.36. The minimum atomic E-state index is 0.270. The lowest BCUT2D eigenvalue weighted by Crippen LogP contribution is -2.45. The Bertz CT molecular complexity index is 235. The third-order valence-corrected chi connectivity index (χ3v) is 4.02. The molecule has 114 valence electrons. The van der Waals surface area contributed by atoms with E-state index in [9.17, 15) is 5.11 Å². The van der Waals surface area contributed by atoms with Crippen molar-refractivity contribution in [3.8, 4) is 0 Å². The SMILES string of the molecule is CC(C)CNCC(C)(C)CN(CCO)C1CCCC1. The Morgan fingerprint density at radius 3 is 2.42 bits per heavy atom. The van der Waals surface area contributed by atoms with Crippen LogP contribution >= 0.6 is 0 Å². The molecule has 0 bridgehead atoms. The first-order valence-corrected chi connectivity index (χ1v) is 8.00. The summed E-state index contributed by atoms with van der Waals surface area (Å²) in [7, 11) is 0. The van der Waals surface area contributed by atoms with Gasteiger partial charge in [0.15, 0.2) is 0 Å². The van der Waals surface area contributed by atoms with E-state index in [0.29, 0.717) is 12.0 Å². The van der Waals surface area contributed by atoms with Crippen LogP contribution in [0.15, 0.2) is 0 Å². The Kier molecular flexibility index (Phi) is 7.33. The van der Waals surface area contributed by atoms with Gasteiger partial charge in [0.2, 0.25) is 0 Å². The van der Waals surface area contributed by atoms with Crippen LogP contribution in [-0.2, 0) is 0 Å². The Morgan fingerprint density at radius 2 is 1.89 bits per heavy atom. The zero-order valence-corrected chi connectivity index (χ0v) is 13.4. The van der Waals surface area contributed by atoms with Crippen LogP contribution < -0.4 is 5.32 Å². The van der Waals surface area contributed by atoms with Gasteiger partial charge in [-0.2, -0.15) is 0 Å². The number of hydrogen-bond acceptors (Lipinski definition) is 3. The summed E-state index contributed by atoms with van der Waals surface area (Å²) in [5.41, 5.74) is 0.270. The Hall–Kier alpha value is -0.120. The largest absolute Gasteiger partial charge is 0.395 e. The van der Waals surface area contributed by atoms with Gasteiger partial charge < -0.3 is 10.4 Å². The summed E-state index contributed by atoms with van der Waals surface area (Å²) in [6, 6.07) is 0.705. The molecule has 0 saturated heterocycles. The second-order valence-corrected chi connectivity index (χ2v) is 7.32. The maximum atomic E-state index is 9.29. The van der Waals surface area contributed by atoms with E-state index in [1.165, 1.54) is 25.7 Å². The fraction of sp³-hybridized carbons (Fsp3) is 1.00. The van der Waals surface area contributed by atoms with Gasteiger partial charge >= 0.3 is 0 Å². The van der Waals surface area contributed by atoms with Crippen molar-refractivity contribution in [2.45, 2.75) is 59.4 Å². The summed E-state index contributed by atoms with van der Waals surface area (Å²) in [5, 5.41) is 12.9.